The molecular weight excluding hydrogens is 585 g/mol. The molecule has 1 fully saturated rings. The van der Waals surface area contributed by atoms with Crippen molar-refractivity contribution in [3.05, 3.63) is 99.4 Å². The van der Waals surface area contributed by atoms with Crippen molar-refractivity contribution in [1.29, 1.82) is 0 Å². The summed E-state index contributed by atoms with van der Waals surface area (Å²) >= 11 is 0. The van der Waals surface area contributed by atoms with Gasteiger partial charge in [-0.3, -0.25) is 14.6 Å². The van der Waals surface area contributed by atoms with Gasteiger partial charge in [-0.15, -0.1) is 0 Å². The average Bonchev–Trinajstić information content (AvgIpc) is 3.01. The number of likely N-dealkylation sites (tertiary alicyclic amines) is 1. The lowest BCUT2D eigenvalue weighted by atomic mass is 9.70. The number of alkyl halides is 3. The number of hydrogen-bond acceptors (Lipinski definition) is 6. The van der Waals surface area contributed by atoms with Crippen molar-refractivity contribution >= 4 is 17.7 Å². The van der Waals surface area contributed by atoms with Gasteiger partial charge in [-0.05, 0) is 60.8 Å². The van der Waals surface area contributed by atoms with E-state index in [0.717, 1.165) is 29.8 Å². The van der Waals surface area contributed by atoms with Crippen LogP contribution in [0.1, 0.15) is 106 Å². The van der Waals surface area contributed by atoms with Gasteiger partial charge in [0.2, 0.25) is 0 Å². The van der Waals surface area contributed by atoms with Crippen molar-refractivity contribution in [1.82, 2.24) is 9.88 Å². The lowest BCUT2D eigenvalue weighted by Crippen LogP contribution is -2.39. The fraction of sp³-hybridized carbons (Fsp3) is 0.429. The Hall–Kier alpha value is -4.05. The lowest BCUT2D eigenvalue weighted by molar-refractivity contribution is -0.137. The summed E-state index contributed by atoms with van der Waals surface area (Å²) in [6.45, 7) is 6.58. The van der Waals surface area contributed by atoms with Crippen molar-refractivity contribution in [2.75, 3.05) is 20.2 Å². The molecule has 0 saturated carbocycles. The quantitative estimate of drug-likeness (QED) is 0.251. The van der Waals surface area contributed by atoms with Gasteiger partial charge in [-0.2, -0.15) is 13.2 Å². The van der Waals surface area contributed by atoms with Gasteiger partial charge >= 0.3 is 12.3 Å². The van der Waals surface area contributed by atoms with Gasteiger partial charge in [-0.1, -0.05) is 56.3 Å². The number of Topliss-reactive ketones (excluding diaryl/α,β-unsaturated/α-hetero) is 1. The van der Waals surface area contributed by atoms with Gasteiger partial charge in [0.1, 0.15) is 6.61 Å². The molecule has 238 valence electrons. The molecule has 0 spiro atoms. The second kappa shape index (κ2) is 12.7. The minimum atomic E-state index is -4.55. The molecule has 1 saturated heterocycles. The van der Waals surface area contributed by atoms with Crippen LogP contribution in [0.4, 0.5) is 18.0 Å². The molecule has 5 rings (SSSR count). The van der Waals surface area contributed by atoms with E-state index in [9.17, 15) is 27.6 Å². The zero-order valence-corrected chi connectivity index (χ0v) is 25.9. The molecule has 3 aromatic rings. The van der Waals surface area contributed by atoms with Crippen molar-refractivity contribution in [2.45, 2.75) is 71.3 Å². The minimum Gasteiger partial charge on any atom is -0.445 e. The van der Waals surface area contributed by atoms with E-state index in [0.29, 0.717) is 54.9 Å². The molecule has 2 aromatic carbocycles. The molecular formula is C35H37F3N2O5. The van der Waals surface area contributed by atoms with E-state index in [4.69, 9.17) is 14.5 Å². The monoisotopic (exact) mass is 622 g/mol. The van der Waals surface area contributed by atoms with Gasteiger partial charge in [0, 0.05) is 37.7 Å². The highest BCUT2D eigenvalue weighted by atomic mass is 19.4. The molecule has 2 aliphatic rings. The highest BCUT2D eigenvalue weighted by molar-refractivity contribution is 6.13. The smallest absolute Gasteiger partial charge is 0.416 e. The van der Waals surface area contributed by atoms with Crippen LogP contribution in [0.5, 0.6) is 0 Å². The van der Waals surface area contributed by atoms with E-state index in [1.165, 1.54) is 7.11 Å². The second-order valence-electron chi connectivity index (χ2n) is 12.6. The van der Waals surface area contributed by atoms with Crippen molar-refractivity contribution in [3.8, 4) is 0 Å². The van der Waals surface area contributed by atoms with Gasteiger partial charge < -0.3 is 14.4 Å². The molecule has 0 radical (unpaired) electrons. The molecule has 1 amide bonds. The SMILES string of the molecule is COC(C)c1nc2c(c(C3CCN(C(=O)OCc4ccccc4)CC3)c1C(=O)c1ccc(C(F)(F)F)cc1)C(=O)CC(C)(C)C2. The van der Waals surface area contributed by atoms with Gasteiger partial charge in [0.15, 0.2) is 11.6 Å². The van der Waals surface area contributed by atoms with E-state index < -0.39 is 29.7 Å². The first-order valence-corrected chi connectivity index (χ1v) is 15.1. The normalized spacial score (nSPS) is 17.5. The number of benzene rings is 2. The average molecular weight is 623 g/mol. The number of carbonyl (C=O) groups excluding carboxylic acids is 3. The third-order valence-electron chi connectivity index (χ3n) is 8.71. The Bertz CT molecular complexity index is 1580. The van der Waals surface area contributed by atoms with Crippen LogP contribution in [0.3, 0.4) is 0 Å². The van der Waals surface area contributed by atoms with E-state index in [1.54, 1.807) is 11.8 Å². The summed E-state index contributed by atoms with van der Waals surface area (Å²) in [6.07, 6.45) is -3.91. The number of pyridine rings is 1. The second-order valence-corrected chi connectivity index (χ2v) is 12.6. The number of ketones is 2. The molecule has 45 heavy (non-hydrogen) atoms. The maximum atomic E-state index is 14.3. The molecule has 0 N–H and O–H groups in total. The van der Waals surface area contributed by atoms with E-state index in [-0.39, 0.29) is 41.3 Å². The molecule has 1 unspecified atom stereocenters. The van der Waals surface area contributed by atoms with Crippen LogP contribution in [0.25, 0.3) is 0 Å². The summed E-state index contributed by atoms with van der Waals surface area (Å²) in [5, 5.41) is 0. The Morgan fingerprint density at radius 1 is 1.02 bits per heavy atom. The van der Waals surface area contributed by atoms with Gasteiger partial charge in [0.25, 0.3) is 0 Å². The summed E-state index contributed by atoms with van der Waals surface area (Å²) in [4.78, 5) is 47.4. The first kappa shape index (κ1) is 32.3. The number of piperidine rings is 1. The Morgan fingerprint density at radius 3 is 2.27 bits per heavy atom. The first-order chi connectivity index (χ1) is 21.3. The number of methoxy groups -OCH3 is 1. The Balaban J connectivity index is 1.53. The standard InChI is InChI=1S/C35H37F3N2O5/c1-21(44-4)31-30(32(42)24-10-12-25(13-11-24)35(36,37)38)28(29-26(39-31)18-34(2,3)19-27(29)41)23-14-16-40(17-15-23)33(43)45-20-22-8-6-5-7-9-22/h5-13,21,23H,14-20H2,1-4H3. The number of rotatable bonds is 7. The van der Waals surface area contributed by atoms with Gasteiger partial charge in [-0.25, -0.2) is 4.79 Å². The van der Waals surface area contributed by atoms with Crippen LogP contribution in [0, 0.1) is 5.41 Å². The number of amides is 1. The zero-order chi connectivity index (χ0) is 32.5. The largest absolute Gasteiger partial charge is 0.445 e. The Kier molecular flexibility index (Phi) is 9.16. The highest BCUT2D eigenvalue weighted by Gasteiger charge is 2.40. The molecule has 1 aliphatic heterocycles. The number of carbonyl (C=O) groups is 3. The molecule has 10 heteroatoms. The Labute approximate surface area is 260 Å². The van der Waals surface area contributed by atoms with Crippen LogP contribution in [0.15, 0.2) is 54.6 Å². The predicted molar refractivity (Wildman–Crippen MR) is 161 cm³/mol. The number of halogens is 3. The molecule has 1 aromatic heterocycles. The number of aromatic nitrogens is 1. The topological polar surface area (TPSA) is 85.8 Å². The molecule has 1 aliphatic carbocycles. The van der Waals surface area contributed by atoms with E-state index in [1.807, 2.05) is 44.2 Å². The molecule has 7 nitrogen and oxygen atoms in total. The van der Waals surface area contributed by atoms with Crippen LogP contribution in [-0.2, 0) is 28.7 Å². The summed E-state index contributed by atoms with van der Waals surface area (Å²) in [5.74, 6) is -0.914. The number of ether oxygens (including phenoxy) is 2. The van der Waals surface area contributed by atoms with Gasteiger partial charge in [0.05, 0.1) is 28.6 Å². The zero-order valence-electron chi connectivity index (χ0n) is 25.9. The third-order valence-corrected chi connectivity index (χ3v) is 8.71. The van der Waals surface area contributed by atoms with Crippen LogP contribution >= 0.6 is 0 Å². The summed E-state index contributed by atoms with van der Waals surface area (Å²) in [7, 11) is 1.49. The van der Waals surface area contributed by atoms with Crippen molar-refractivity contribution in [3.63, 3.8) is 0 Å². The molecule has 2 heterocycles. The van der Waals surface area contributed by atoms with Crippen LogP contribution in [-0.4, -0.2) is 47.7 Å². The molecule has 1 atom stereocenters. The third kappa shape index (κ3) is 6.96. The fourth-order valence-corrected chi connectivity index (χ4v) is 6.32. The maximum absolute atomic E-state index is 14.3. The lowest BCUT2D eigenvalue weighted by Gasteiger charge is -2.37. The van der Waals surface area contributed by atoms with E-state index in [2.05, 4.69) is 0 Å². The van der Waals surface area contributed by atoms with E-state index >= 15 is 0 Å². The maximum Gasteiger partial charge on any atom is 0.416 e. The minimum absolute atomic E-state index is 0.0565. The number of nitrogens with zero attached hydrogens (tertiary/aromatic N) is 2. The highest BCUT2D eigenvalue weighted by Crippen LogP contribution is 2.44. The number of hydrogen-bond donors (Lipinski definition) is 0. The first-order valence-electron chi connectivity index (χ1n) is 15.1. The Morgan fingerprint density at radius 2 is 1.67 bits per heavy atom. The van der Waals surface area contributed by atoms with Crippen molar-refractivity contribution in [2.24, 2.45) is 5.41 Å². The van der Waals surface area contributed by atoms with Crippen molar-refractivity contribution < 1.29 is 37.0 Å². The predicted octanol–water partition coefficient (Wildman–Crippen LogP) is 7.71. The summed E-state index contributed by atoms with van der Waals surface area (Å²) in [6, 6.07) is 13.4. The number of fused-ring (bicyclic) bond motifs is 1. The fourth-order valence-electron chi connectivity index (χ4n) is 6.32. The van der Waals surface area contributed by atoms with Crippen LogP contribution in [0.2, 0.25) is 0 Å². The summed E-state index contributed by atoms with van der Waals surface area (Å²) in [5.41, 5.74) is 1.84. The van der Waals surface area contributed by atoms with Crippen LogP contribution < -0.4 is 0 Å². The summed E-state index contributed by atoms with van der Waals surface area (Å²) < 4.78 is 51.1. The molecule has 0 bridgehead atoms.